The van der Waals surface area contributed by atoms with Gasteiger partial charge in [0.1, 0.15) is 17.1 Å². The molecule has 0 atom stereocenters. The number of carbonyl (C=O) groups is 1. The van der Waals surface area contributed by atoms with Crippen LogP contribution in [0.5, 0.6) is 0 Å². The van der Waals surface area contributed by atoms with Crippen LogP contribution in [0.2, 0.25) is 0 Å². The van der Waals surface area contributed by atoms with Gasteiger partial charge in [-0.15, -0.1) is 0 Å². The number of thioether (sulfide) groups is 1. The molecule has 0 bridgehead atoms. The molecule has 0 unspecified atom stereocenters. The van der Waals surface area contributed by atoms with E-state index in [-0.39, 0.29) is 5.69 Å². The van der Waals surface area contributed by atoms with Crippen LogP contribution >= 0.6 is 11.8 Å². The van der Waals surface area contributed by atoms with Crippen LogP contribution in [0.25, 0.3) is 0 Å². The number of hydrogen-bond donors (Lipinski definition) is 2. The Hall–Kier alpha value is -1.83. The molecule has 0 amide bonds. The lowest BCUT2D eigenvalue weighted by molar-refractivity contribution is -0.384. The van der Waals surface area contributed by atoms with Crippen LogP contribution < -0.4 is 5.32 Å². The Morgan fingerprint density at radius 1 is 1.48 bits per heavy atom. The number of halogens is 1. The smallest absolute Gasteiger partial charge is 0.338 e. The third-order valence-electron chi connectivity index (χ3n) is 3.43. The Bertz CT molecular complexity index is 561. The Labute approximate surface area is 124 Å². The van der Waals surface area contributed by atoms with E-state index in [0.29, 0.717) is 12.5 Å². The maximum Gasteiger partial charge on any atom is 0.338 e. The van der Waals surface area contributed by atoms with Gasteiger partial charge in [0.2, 0.25) is 0 Å². The van der Waals surface area contributed by atoms with Crippen molar-refractivity contribution in [1.29, 1.82) is 0 Å². The first-order valence-corrected chi connectivity index (χ1v) is 7.67. The zero-order valence-corrected chi connectivity index (χ0v) is 12.0. The molecule has 1 aromatic rings. The molecule has 1 heterocycles. The molecule has 6 nitrogen and oxygen atoms in total. The van der Waals surface area contributed by atoms with Crippen LogP contribution in [0.15, 0.2) is 12.1 Å². The fraction of sp³-hybridized carbons (Fsp3) is 0.462. The van der Waals surface area contributed by atoms with Gasteiger partial charge in [0, 0.05) is 18.7 Å². The maximum absolute atomic E-state index is 13.7. The van der Waals surface area contributed by atoms with Gasteiger partial charge in [0.15, 0.2) is 0 Å². The van der Waals surface area contributed by atoms with Crippen molar-refractivity contribution in [3.05, 3.63) is 33.6 Å². The lowest BCUT2D eigenvalue weighted by Gasteiger charge is -2.22. The SMILES string of the molecule is O=C(O)c1cc([N+](=O)[O-])c(NCC2CCSCC2)cc1F. The number of benzene rings is 1. The number of nitrogens with one attached hydrogen (secondary N) is 1. The van der Waals surface area contributed by atoms with Crippen molar-refractivity contribution < 1.29 is 19.2 Å². The second-order valence-electron chi connectivity index (χ2n) is 4.85. The highest BCUT2D eigenvalue weighted by Crippen LogP contribution is 2.29. The van der Waals surface area contributed by atoms with E-state index >= 15 is 0 Å². The van der Waals surface area contributed by atoms with Crippen molar-refractivity contribution in [2.75, 3.05) is 23.4 Å². The number of rotatable bonds is 5. The van der Waals surface area contributed by atoms with Crippen molar-refractivity contribution in [1.82, 2.24) is 0 Å². The Morgan fingerprint density at radius 3 is 2.71 bits per heavy atom. The van der Waals surface area contributed by atoms with Crippen LogP contribution in [0.4, 0.5) is 15.8 Å². The molecule has 1 aromatic carbocycles. The molecule has 8 heteroatoms. The van der Waals surface area contributed by atoms with Gasteiger partial charge in [-0.1, -0.05) is 0 Å². The monoisotopic (exact) mass is 314 g/mol. The Morgan fingerprint density at radius 2 is 2.14 bits per heavy atom. The van der Waals surface area contributed by atoms with Crippen molar-refractivity contribution >= 4 is 29.1 Å². The molecule has 1 aliphatic rings. The number of nitro groups is 1. The number of hydrogen-bond acceptors (Lipinski definition) is 5. The summed E-state index contributed by atoms with van der Waals surface area (Å²) in [4.78, 5) is 21.1. The van der Waals surface area contributed by atoms with E-state index < -0.39 is 28.0 Å². The van der Waals surface area contributed by atoms with Crippen molar-refractivity contribution in [2.24, 2.45) is 5.92 Å². The summed E-state index contributed by atoms with van der Waals surface area (Å²) in [6.07, 6.45) is 2.03. The van der Waals surface area contributed by atoms with Gasteiger partial charge in [0.25, 0.3) is 5.69 Å². The van der Waals surface area contributed by atoms with Crippen LogP contribution in [0.1, 0.15) is 23.2 Å². The number of nitrogens with zero attached hydrogens (tertiary/aromatic N) is 1. The van der Waals surface area contributed by atoms with Gasteiger partial charge < -0.3 is 10.4 Å². The molecule has 2 N–H and O–H groups in total. The minimum Gasteiger partial charge on any atom is -0.478 e. The van der Waals surface area contributed by atoms with Crippen LogP contribution in [-0.4, -0.2) is 34.0 Å². The molecule has 0 aliphatic carbocycles. The molecule has 0 aromatic heterocycles. The first-order valence-electron chi connectivity index (χ1n) is 6.52. The Balaban J connectivity index is 2.19. The molecule has 0 saturated carbocycles. The van der Waals surface area contributed by atoms with E-state index in [9.17, 15) is 19.3 Å². The van der Waals surface area contributed by atoms with E-state index in [1.54, 1.807) is 0 Å². The minimum atomic E-state index is -1.52. The first kappa shape index (κ1) is 15.6. The maximum atomic E-state index is 13.7. The third-order valence-corrected chi connectivity index (χ3v) is 4.48. The van der Waals surface area contributed by atoms with Gasteiger partial charge in [0.05, 0.1) is 4.92 Å². The normalized spacial score (nSPS) is 15.7. The molecular formula is C13H15FN2O4S. The second-order valence-corrected chi connectivity index (χ2v) is 6.07. The molecule has 114 valence electrons. The van der Waals surface area contributed by atoms with Crippen LogP contribution in [0, 0.1) is 21.8 Å². The predicted octanol–water partition coefficient (Wildman–Crippen LogP) is 2.99. The average molecular weight is 314 g/mol. The number of nitro benzene ring substituents is 1. The molecule has 0 spiro atoms. The molecule has 21 heavy (non-hydrogen) atoms. The number of carboxylic acid groups (broad SMARTS) is 1. The van der Waals surface area contributed by atoms with Gasteiger partial charge in [-0.2, -0.15) is 11.8 Å². The topological polar surface area (TPSA) is 92.5 Å². The lowest BCUT2D eigenvalue weighted by atomic mass is 10.0. The van der Waals surface area contributed by atoms with Gasteiger partial charge in [-0.05, 0) is 30.3 Å². The summed E-state index contributed by atoms with van der Waals surface area (Å²) < 4.78 is 13.7. The van der Waals surface area contributed by atoms with E-state index in [4.69, 9.17) is 5.11 Å². The molecule has 1 fully saturated rings. The molecular weight excluding hydrogens is 299 g/mol. The van der Waals surface area contributed by atoms with Crippen LogP contribution in [0.3, 0.4) is 0 Å². The van der Waals surface area contributed by atoms with E-state index in [2.05, 4.69) is 5.32 Å². The fourth-order valence-electron chi connectivity index (χ4n) is 2.22. The molecule has 1 aliphatic heterocycles. The zero-order chi connectivity index (χ0) is 15.4. The van der Waals surface area contributed by atoms with Crippen molar-refractivity contribution in [2.45, 2.75) is 12.8 Å². The minimum absolute atomic E-state index is 0.0285. The highest BCUT2D eigenvalue weighted by atomic mass is 32.2. The molecule has 2 rings (SSSR count). The highest BCUT2D eigenvalue weighted by Gasteiger charge is 2.22. The van der Waals surface area contributed by atoms with Crippen molar-refractivity contribution in [3.63, 3.8) is 0 Å². The van der Waals surface area contributed by atoms with Gasteiger partial charge in [-0.25, -0.2) is 9.18 Å². The van der Waals surface area contributed by atoms with Crippen LogP contribution in [-0.2, 0) is 0 Å². The molecule has 0 radical (unpaired) electrons. The summed E-state index contributed by atoms with van der Waals surface area (Å²) in [6.45, 7) is 0.521. The summed E-state index contributed by atoms with van der Waals surface area (Å²) in [5, 5.41) is 22.7. The summed E-state index contributed by atoms with van der Waals surface area (Å²) in [5.74, 6) is 0.0101. The quantitative estimate of drug-likeness (QED) is 0.641. The average Bonchev–Trinajstić information content (AvgIpc) is 2.45. The number of anilines is 1. The highest BCUT2D eigenvalue weighted by molar-refractivity contribution is 7.99. The molecule has 1 saturated heterocycles. The lowest BCUT2D eigenvalue weighted by Crippen LogP contribution is -2.19. The largest absolute Gasteiger partial charge is 0.478 e. The first-order chi connectivity index (χ1) is 9.99. The fourth-order valence-corrected chi connectivity index (χ4v) is 3.43. The summed E-state index contributed by atoms with van der Waals surface area (Å²) >= 11 is 1.87. The Kier molecular flexibility index (Phi) is 5.00. The predicted molar refractivity (Wildman–Crippen MR) is 78.6 cm³/mol. The second kappa shape index (κ2) is 6.75. The third kappa shape index (κ3) is 3.84. The van der Waals surface area contributed by atoms with Gasteiger partial charge >= 0.3 is 5.97 Å². The summed E-state index contributed by atoms with van der Waals surface area (Å²) in [7, 11) is 0. The van der Waals surface area contributed by atoms with Gasteiger partial charge in [-0.3, -0.25) is 10.1 Å². The van der Waals surface area contributed by atoms with E-state index in [0.717, 1.165) is 36.5 Å². The van der Waals surface area contributed by atoms with E-state index in [1.807, 2.05) is 11.8 Å². The summed E-state index contributed by atoms with van der Waals surface area (Å²) in [6, 6.07) is 1.65. The number of carboxylic acids is 1. The van der Waals surface area contributed by atoms with E-state index in [1.165, 1.54) is 0 Å². The standard InChI is InChI=1S/C13H15FN2O4S/c14-10-6-11(15-7-8-1-3-21-4-2-8)12(16(19)20)5-9(10)13(17)18/h5-6,8,15H,1-4,7H2,(H,17,18). The summed E-state index contributed by atoms with van der Waals surface area (Å²) in [5.41, 5.74) is -1.08. The van der Waals surface area contributed by atoms with Crippen molar-refractivity contribution in [3.8, 4) is 0 Å². The zero-order valence-electron chi connectivity index (χ0n) is 11.2. The number of aromatic carboxylic acids is 1.